The fourth-order valence-corrected chi connectivity index (χ4v) is 3.18. The number of carbonyl (C=O) groups is 1. The molecule has 0 atom stereocenters. The Kier molecular flexibility index (Phi) is 4.16. The summed E-state index contributed by atoms with van der Waals surface area (Å²) in [7, 11) is 0. The number of amides is 1. The summed E-state index contributed by atoms with van der Waals surface area (Å²) in [5, 5.41) is 12.7. The van der Waals surface area contributed by atoms with Gasteiger partial charge >= 0.3 is 6.09 Å². The second-order valence-corrected chi connectivity index (χ2v) is 7.81. The number of benzene rings is 1. The van der Waals surface area contributed by atoms with Gasteiger partial charge in [-0.15, -0.1) is 0 Å². The largest absolute Gasteiger partial charge is 0.444 e. The summed E-state index contributed by atoms with van der Waals surface area (Å²) in [5.41, 5.74) is 2.54. The van der Waals surface area contributed by atoms with E-state index in [1.807, 2.05) is 26.8 Å². The van der Waals surface area contributed by atoms with Crippen molar-refractivity contribution in [1.82, 2.24) is 4.90 Å². The number of rotatable bonds is 2. The van der Waals surface area contributed by atoms with Gasteiger partial charge in [-0.05, 0) is 69.7 Å². The zero-order valence-corrected chi connectivity index (χ0v) is 14.7. The molecule has 1 fully saturated rings. The molecule has 0 aromatic heterocycles. The van der Waals surface area contributed by atoms with Crippen LogP contribution in [0.25, 0.3) is 0 Å². The molecule has 5 heteroatoms. The van der Waals surface area contributed by atoms with Gasteiger partial charge in [-0.2, -0.15) is 5.26 Å². The number of carbonyl (C=O) groups excluding carboxylic acids is 1. The molecule has 3 rings (SSSR count). The molecule has 2 aliphatic rings. The minimum absolute atomic E-state index is 0.256. The van der Waals surface area contributed by atoms with Gasteiger partial charge < -0.3 is 15.0 Å². The molecule has 1 aliphatic carbocycles. The summed E-state index contributed by atoms with van der Waals surface area (Å²) < 4.78 is 5.46. The third-order valence-corrected chi connectivity index (χ3v) is 4.67. The average Bonchev–Trinajstić information content (AvgIpc) is 2.48. The molecule has 24 heavy (non-hydrogen) atoms. The number of ether oxygens (including phenoxy) is 1. The van der Waals surface area contributed by atoms with Crippen LogP contribution in [0, 0.1) is 11.3 Å². The van der Waals surface area contributed by atoms with Crippen molar-refractivity contribution in [2.24, 2.45) is 0 Å². The molecule has 0 saturated heterocycles. The normalized spacial score (nSPS) is 18.8. The number of fused-ring (bicyclic) bond motifs is 1. The first-order chi connectivity index (χ1) is 11.3. The van der Waals surface area contributed by atoms with Crippen LogP contribution in [0.2, 0.25) is 0 Å². The number of nitriles is 1. The van der Waals surface area contributed by atoms with Crippen LogP contribution in [-0.2, 0) is 17.7 Å². The zero-order valence-electron chi connectivity index (χ0n) is 14.7. The Bertz CT molecular complexity index is 681. The number of nitrogens with zero attached hydrogens (tertiary/aromatic N) is 2. The summed E-state index contributed by atoms with van der Waals surface area (Å²) >= 11 is 0. The Labute approximate surface area is 143 Å². The van der Waals surface area contributed by atoms with Crippen LogP contribution in [-0.4, -0.2) is 28.7 Å². The molecular weight excluding hydrogens is 302 g/mol. The third-order valence-electron chi connectivity index (χ3n) is 4.67. The second-order valence-electron chi connectivity index (χ2n) is 7.81. The molecule has 1 saturated carbocycles. The lowest BCUT2D eigenvalue weighted by molar-refractivity contribution is 0.0224. The highest BCUT2D eigenvalue weighted by molar-refractivity contribution is 5.69. The van der Waals surface area contributed by atoms with E-state index < -0.39 is 5.60 Å². The molecule has 0 unspecified atom stereocenters. The highest BCUT2D eigenvalue weighted by Gasteiger charge is 2.37. The minimum Gasteiger partial charge on any atom is -0.444 e. The highest BCUT2D eigenvalue weighted by atomic mass is 16.6. The van der Waals surface area contributed by atoms with Crippen LogP contribution >= 0.6 is 0 Å². The van der Waals surface area contributed by atoms with Gasteiger partial charge in [0.1, 0.15) is 11.1 Å². The molecule has 1 aromatic rings. The van der Waals surface area contributed by atoms with Gasteiger partial charge in [0.2, 0.25) is 0 Å². The Morgan fingerprint density at radius 2 is 2.08 bits per heavy atom. The molecule has 0 radical (unpaired) electrons. The van der Waals surface area contributed by atoms with E-state index in [9.17, 15) is 10.1 Å². The van der Waals surface area contributed by atoms with Crippen LogP contribution in [0.3, 0.4) is 0 Å². The molecule has 1 amide bonds. The maximum absolute atomic E-state index is 12.2. The van der Waals surface area contributed by atoms with Gasteiger partial charge in [-0.25, -0.2) is 4.79 Å². The van der Waals surface area contributed by atoms with Gasteiger partial charge in [-0.3, -0.25) is 0 Å². The van der Waals surface area contributed by atoms with Crippen LogP contribution < -0.4 is 5.32 Å². The molecule has 1 aliphatic heterocycles. The van der Waals surface area contributed by atoms with Gasteiger partial charge in [0, 0.05) is 18.8 Å². The zero-order chi connectivity index (χ0) is 17.4. The lowest BCUT2D eigenvalue weighted by Crippen LogP contribution is -2.43. The Morgan fingerprint density at radius 3 is 2.67 bits per heavy atom. The van der Waals surface area contributed by atoms with Crippen LogP contribution in [0.4, 0.5) is 10.5 Å². The van der Waals surface area contributed by atoms with Crippen molar-refractivity contribution < 1.29 is 9.53 Å². The van der Waals surface area contributed by atoms with Gasteiger partial charge in [0.15, 0.2) is 0 Å². The molecule has 5 nitrogen and oxygen atoms in total. The maximum atomic E-state index is 12.2. The Morgan fingerprint density at radius 1 is 1.33 bits per heavy atom. The van der Waals surface area contributed by atoms with Crippen molar-refractivity contribution in [2.75, 3.05) is 11.9 Å². The van der Waals surface area contributed by atoms with Crippen LogP contribution in [0.5, 0.6) is 0 Å². The van der Waals surface area contributed by atoms with Crippen LogP contribution in [0.15, 0.2) is 18.2 Å². The molecule has 0 bridgehead atoms. The van der Waals surface area contributed by atoms with Crippen LogP contribution in [0.1, 0.15) is 51.2 Å². The molecular formula is C19H25N3O2. The summed E-state index contributed by atoms with van der Waals surface area (Å²) in [5.74, 6) is 0. The number of nitrogens with one attached hydrogen (secondary N) is 1. The van der Waals surface area contributed by atoms with Crippen molar-refractivity contribution >= 4 is 11.8 Å². The second kappa shape index (κ2) is 6.01. The minimum atomic E-state index is -0.473. The smallest absolute Gasteiger partial charge is 0.410 e. The fourth-order valence-electron chi connectivity index (χ4n) is 3.18. The fraction of sp³-hybridized carbons (Fsp3) is 0.579. The Hall–Kier alpha value is -2.22. The van der Waals surface area contributed by atoms with E-state index in [2.05, 4.69) is 23.5 Å². The first kappa shape index (κ1) is 16.6. The van der Waals surface area contributed by atoms with E-state index in [0.29, 0.717) is 13.1 Å². The van der Waals surface area contributed by atoms with Crippen molar-refractivity contribution in [2.45, 2.75) is 64.1 Å². The predicted molar refractivity (Wildman–Crippen MR) is 92.6 cm³/mol. The molecule has 128 valence electrons. The standard InChI is InChI=1S/C19H25N3O2/c1-18(2,3)24-17(23)22-10-7-14-11-16(6-5-15(14)12-22)21-19(13-20)8-4-9-19/h5-6,11,21H,4,7-10,12H2,1-3H3. The van der Waals surface area contributed by atoms with Crippen molar-refractivity contribution in [3.8, 4) is 6.07 Å². The van der Waals surface area contributed by atoms with E-state index in [-0.39, 0.29) is 11.6 Å². The van der Waals surface area contributed by atoms with E-state index in [0.717, 1.165) is 36.9 Å². The van der Waals surface area contributed by atoms with E-state index in [1.54, 1.807) is 4.90 Å². The molecule has 1 N–H and O–H groups in total. The van der Waals surface area contributed by atoms with Crippen molar-refractivity contribution in [3.63, 3.8) is 0 Å². The predicted octanol–water partition coefficient (Wildman–Crippen LogP) is 3.84. The third kappa shape index (κ3) is 3.48. The molecule has 1 heterocycles. The van der Waals surface area contributed by atoms with Gasteiger partial charge in [0.25, 0.3) is 0 Å². The summed E-state index contributed by atoms with van der Waals surface area (Å²) in [6, 6.07) is 8.59. The number of hydrogen-bond donors (Lipinski definition) is 1. The lowest BCUT2D eigenvalue weighted by Gasteiger charge is -2.37. The van der Waals surface area contributed by atoms with Crippen molar-refractivity contribution in [3.05, 3.63) is 29.3 Å². The van der Waals surface area contributed by atoms with E-state index in [4.69, 9.17) is 4.74 Å². The molecule has 0 spiro atoms. The SMILES string of the molecule is CC(C)(C)OC(=O)N1CCc2cc(NC3(C#N)CCC3)ccc2C1. The summed E-state index contributed by atoms with van der Waals surface area (Å²) in [6.07, 6.45) is 3.48. The summed E-state index contributed by atoms with van der Waals surface area (Å²) in [4.78, 5) is 14.0. The van der Waals surface area contributed by atoms with Crippen molar-refractivity contribution in [1.29, 1.82) is 5.26 Å². The first-order valence-electron chi connectivity index (χ1n) is 8.59. The van der Waals surface area contributed by atoms with E-state index in [1.165, 1.54) is 5.56 Å². The molecule has 1 aromatic carbocycles. The van der Waals surface area contributed by atoms with E-state index >= 15 is 0 Å². The lowest BCUT2D eigenvalue weighted by atomic mass is 9.78. The summed E-state index contributed by atoms with van der Waals surface area (Å²) in [6.45, 7) is 6.88. The monoisotopic (exact) mass is 327 g/mol. The van der Waals surface area contributed by atoms with Gasteiger partial charge in [0.05, 0.1) is 6.07 Å². The van der Waals surface area contributed by atoms with Gasteiger partial charge in [-0.1, -0.05) is 6.07 Å². The Balaban J connectivity index is 1.68. The first-order valence-corrected chi connectivity index (χ1v) is 8.59. The topological polar surface area (TPSA) is 65.4 Å². The average molecular weight is 327 g/mol. The quantitative estimate of drug-likeness (QED) is 0.896. The highest BCUT2D eigenvalue weighted by Crippen LogP contribution is 2.35. The number of hydrogen-bond acceptors (Lipinski definition) is 4. The number of anilines is 1. The maximum Gasteiger partial charge on any atom is 0.410 e.